The summed E-state index contributed by atoms with van der Waals surface area (Å²) in [7, 11) is 0. The number of non-ortho nitro benzene ring substituents is 1. The molecular formula is C27H21N3O4. The van der Waals surface area contributed by atoms with E-state index < -0.39 is 16.9 Å². The summed E-state index contributed by atoms with van der Waals surface area (Å²) in [6.07, 6.45) is 1.74. The van der Waals surface area contributed by atoms with Crippen LogP contribution in [0.4, 0.5) is 5.69 Å². The van der Waals surface area contributed by atoms with Gasteiger partial charge < -0.3 is 5.11 Å². The summed E-state index contributed by atoms with van der Waals surface area (Å²) in [6.45, 7) is 0. The summed E-state index contributed by atoms with van der Waals surface area (Å²) in [5, 5.41) is 20.9. The van der Waals surface area contributed by atoms with E-state index in [-0.39, 0.29) is 12.1 Å². The van der Waals surface area contributed by atoms with Crippen LogP contribution >= 0.6 is 0 Å². The zero-order valence-electron chi connectivity index (χ0n) is 18.1. The lowest BCUT2D eigenvalue weighted by Crippen LogP contribution is -2.23. The molecule has 0 saturated heterocycles. The lowest BCUT2D eigenvalue weighted by atomic mass is 10.0. The van der Waals surface area contributed by atoms with Crippen molar-refractivity contribution in [3.63, 3.8) is 0 Å². The van der Waals surface area contributed by atoms with E-state index in [1.807, 2.05) is 60.7 Å². The Bertz CT molecular complexity index is 1280. The topological polar surface area (TPSA) is 106 Å². The highest BCUT2D eigenvalue weighted by Gasteiger charge is 2.20. The average molecular weight is 451 g/mol. The molecule has 0 bridgehead atoms. The van der Waals surface area contributed by atoms with Crippen molar-refractivity contribution in [1.29, 1.82) is 0 Å². The molecule has 34 heavy (non-hydrogen) atoms. The normalized spacial score (nSPS) is 11.4. The minimum Gasteiger partial charge on any atom is -0.480 e. The van der Waals surface area contributed by atoms with Crippen LogP contribution in [0.1, 0.15) is 16.7 Å². The number of pyridine rings is 1. The summed E-state index contributed by atoms with van der Waals surface area (Å²) in [4.78, 5) is 31.7. The van der Waals surface area contributed by atoms with E-state index in [0.29, 0.717) is 22.5 Å². The number of carboxylic acids is 1. The van der Waals surface area contributed by atoms with E-state index in [0.717, 1.165) is 11.1 Å². The summed E-state index contributed by atoms with van der Waals surface area (Å²) in [5.41, 5.74) is 4.14. The molecule has 1 N–H and O–H groups in total. The average Bonchev–Trinajstić information content (AvgIpc) is 2.88. The molecule has 7 heteroatoms. The van der Waals surface area contributed by atoms with Gasteiger partial charge in [-0.3, -0.25) is 20.1 Å². The van der Waals surface area contributed by atoms with E-state index in [9.17, 15) is 20.0 Å². The summed E-state index contributed by atoms with van der Waals surface area (Å²) in [6, 6.07) is 27.7. The van der Waals surface area contributed by atoms with Crippen molar-refractivity contribution < 1.29 is 14.8 Å². The Morgan fingerprint density at radius 1 is 0.912 bits per heavy atom. The Morgan fingerprint density at radius 2 is 1.56 bits per heavy atom. The molecule has 4 rings (SSSR count). The fourth-order valence-electron chi connectivity index (χ4n) is 3.57. The van der Waals surface area contributed by atoms with E-state index in [2.05, 4.69) is 9.98 Å². The molecule has 1 unspecified atom stereocenters. The number of nitro benzene ring substituents is 1. The van der Waals surface area contributed by atoms with Gasteiger partial charge in [-0.2, -0.15) is 0 Å². The number of carboxylic acid groups (broad SMARTS) is 1. The molecule has 1 atom stereocenters. The maximum Gasteiger partial charge on any atom is 0.328 e. The standard InChI is InChI=1S/C27H21N3O4/c31-27(32)25(29-26(20-8-3-1-4-9-20)21-10-5-2-6-11-21)16-19-14-15-24(28-18-19)22-12-7-13-23(17-22)30(33)34/h1-15,17-18,25H,16H2,(H,31,32). The molecule has 4 aromatic rings. The molecule has 0 radical (unpaired) electrons. The maximum atomic E-state index is 12.1. The van der Waals surface area contributed by atoms with Crippen molar-refractivity contribution in [2.75, 3.05) is 0 Å². The van der Waals surface area contributed by atoms with Crippen molar-refractivity contribution >= 4 is 17.4 Å². The number of carbonyl (C=O) groups is 1. The van der Waals surface area contributed by atoms with E-state index in [1.165, 1.54) is 12.1 Å². The number of hydrogen-bond donors (Lipinski definition) is 1. The number of rotatable bonds is 8. The van der Waals surface area contributed by atoms with Gasteiger partial charge >= 0.3 is 5.97 Å². The van der Waals surface area contributed by atoms with Gasteiger partial charge in [0.2, 0.25) is 0 Å². The summed E-state index contributed by atoms with van der Waals surface area (Å²) < 4.78 is 0. The van der Waals surface area contributed by atoms with Crippen LogP contribution in [0.5, 0.6) is 0 Å². The number of aliphatic carboxylic acids is 1. The first-order valence-electron chi connectivity index (χ1n) is 10.6. The quantitative estimate of drug-likeness (QED) is 0.225. The lowest BCUT2D eigenvalue weighted by molar-refractivity contribution is -0.384. The van der Waals surface area contributed by atoms with Gasteiger partial charge in [0.15, 0.2) is 6.04 Å². The molecule has 0 amide bonds. The lowest BCUT2D eigenvalue weighted by Gasteiger charge is -2.13. The first-order chi connectivity index (χ1) is 16.5. The molecule has 0 aliphatic carbocycles. The van der Waals surface area contributed by atoms with Crippen LogP contribution in [0.15, 0.2) is 108 Å². The van der Waals surface area contributed by atoms with Crippen molar-refractivity contribution in [1.82, 2.24) is 4.98 Å². The predicted octanol–water partition coefficient (Wildman–Crippen LogP) is 5.19. The van der Waals surface area contributed by atoms with Crippen LogP contribution in [0.25, 0.3) is 11.3 Å². The highest BCUT2D eigenvalue weighted by atomic mass is 16.6. The van der Waals surface area contributed by atoms with Crippen LogP contribution in [0.3, 0.4) is 0 Å². The number of benzene rings is 3. The molecule has 1 aromatic heterocycles. The van der Waals surface area contributed by atoms with Crippen LogP contribution in [-0.4, -0.2) is 32.7 Å². The third-order valence-corrected chi connectivity index (χ3v) is 5.27. The first kappa shape index (κ1) is 22.5. The smallest absolute Gasteiger partial charge is 0.328 e. The minimum atomic E-state index is -1.04. The predicted molar refractivity (Wildman–Crippen MR) is 130 cm³/mol. The molecule has 0 aliphatic heterocycles. The molecule has 7 nitrogen and oxygen atoms in total. The SMILES string of the molecule is O=C(O)C(Cc1ccc(-c2cccc([N+](=O)[O-])c2)nc1)N=C(c1ccccc1)c1ccccc1. The van der Waals surface area contributed by atoms with Gasteiger partial charge in [-0.25, -0.2) is 4.79 Å². The Balaban J connectivity index is 1.63. The molecule has 1 heterocycles. The first-order valence-corrected chi connectivity index (χ1v) is 10.6. The van der Waals surface area contributed by atoms with Crippen LogP contribution in [0, 0.1) is 10.1 Å². The number of aromatic nitrogens is 1. The molecule has 3 aromatic carbocycles. The number of aliphatic imine (C=N–C) groups is 1. The highest BCUT2D eigenvalue weighted by molar-refractivity contribution is 6.13. The van der Waals surface area contributed by atoms with E-state index in [1.54, 1.807) is 30.5 Å². The Morgan fingerprint density at radius 3 is 2.09 bits per heavy atom. The molecule has 168 valence electrons. The fraction of sp³-hybridized carbons (Fsp3) is 0.0741. The molecule has 0 saturated carbocycles. The molecule has 0 fully saturated rings. The Hall–Kier alpha value is -4.65. The Kier molecular flexibility index (Phi) is 6.84. The zero-order chi connectivity index (χ0) is 23.9. The van der Waals surface area contributed by atoms with Gasteiger partial charge in [0, 0.05) is 41.4 Å². The van der Waals surface area contributed by atoms with Gasteiger partial charge in [-0.15, -0.1) is 0 Å². The van der Waals surface area contributed by atoms with Crippen LogP contribution < -0.4 is 0 Å². The Labute approximate surface area is 196 Å². The largest absolute Gasteiger partial charge is 0.480 e. The van der Waals surface area contributed by atoms with Gasteiger partial charge in [-0.05, 0) is 11.6 Å². The third-order valence-electron chi connectivity index (χ3n) is 5.27. The van der Waals surface area contributed by atoms with Gasteiger partial charge in [0.25, 0.3) is 5.69 Å². The molecule has 0 spiro atoms. The maximum absolute atomic E-state index is 12.1. The van der Waals surface area contributed by atoms with Gasteiger partial charge in [-0.1, -0.05) is 78.9 Å². The van der Waals surface area contributed by atoms with Crippen molar-refractivity contribution in [2.45, 2.75) is 12.5 Å². The van der Waals surface area contributed by atoms with Gasteiger partial charge in [0.1, 0.15) is 0 Å². The van der Waals surface area contributed by atoms with Crippen molar-refractivity contribution in [3.05, 3.63) is 130 Å². The van der Waals surface area contributed by atoms with Crippen molar-refractivity contribution in [2.24, 2.45) is 4.99 Å². The fourth-order valence-corrected chi connectivity index (χ4v) is 3.57. The number of hydrogen-bond acceptors (Lipinski definition) is 5. The molecule has 0 aliphatic rings. The monoisotopic (exact) mass is 451 g/mol. The number of nitrogens with zero attached hydrogens (tertiary/aromatic N) is 3. The van der Waals surface area contributed by atoms with Crippen molar-refractivity contribution in [3.8, 4) is 11.3 Å². The minimum absolute atomic E-state index is 0.0157. The second-order valence-corrected chi connectivity index (χ2v) is 7.63. The van der Waals surface area contributed by atoms with Crippen LogP contribution in [0.2, 0.25) is 0 Å². The van der Waals surface area contributed by atoms with E-state index >= 15 is 0 Å². The zero-order valence-corrected chi connectivity index (χ0v) is 18.1. The van der Waals surface area contributed by atoms with Crippen LogP contribution in [-0.2, 0) is 11.2 Å². The summed E-state index contributed by atoms with van der Waals surface area (Å²) >= 11 is 0. The van der Waals surface area contributed by atoms with E-state index in [4.69, 9.17) is 0 Å². The third kappa shape index (κ3) is 5.39. The number of nitro groups is 1. The molecular weight excluding hydrogens is 430 g/mol. The highest BCUT2D eigenvalue weighted by Crippen LogP contribution is 2.23. The second-order valence-electron chi connectivity index (χ2n) is 7.63. The second kappa shape index (κ2) is 10.3. The summed E-state index contributed by atoms with van der Waals surface area (Å²) in [5.74, 6) is -1.04. The van der Waals surface area contributed by atoms with Gasteiger partial charge in [0.05, 0.1) is 16.3 Å².